The fourth-order valence-corrected chi connectivity index (χ4v) is 4.60. The Bertz CT molecular complexity index is 1070. The van der Waals surface area contributed by atoms with Gasteiger partial charge in [-0.1, -0.05) is 0 Å². The molecule has 0 unspecified atom stereocenters. The van der Waals surface area contributed by atoms with Gasteiger partial charge in [-0.3, -0.25) is 14.2 Å². The van der Waals surface area contributed by atoms with Crippen molar-refractivity contribution in [2.24, 2.45) is 14.1 Å². The number of carbonyl (C=O) groups is 1. The van der Waals surface area contributed by atoms with Crippen molar-refractivity contribution in [2.75, 3.05) is 26.2 Å². The Balaban J connectivity index is 1.86. The number of hydrogen-bond acceptors (Lipinski definition) is 6. The zero-order chi connectivity index (χ0) is 19.8. The van der Waals surface area contributed by atoms with Crippen molar-refractivity contribution in [1.29, 1.82) is 0 Å². The van der Waals surface area contributed by atoms with E-state index >= 15 is 0 Å². The first-order valence-electron chi connectivity index (χ1n) is 8.33. The number of carbonyl (C=O) groups excluding carboxylic acids is 1. The standard InChI is InChI=1S/C16H20N4O6S/c1-17-11-13(15(22)18(2)16(17)23)27(24,25)20-7-4-6-19(8-9-20)14(21)12-5-3-10-26-12/h3,5,10-11H,4,6-9H2,1-2H3. The second-order valence-corrected chi connectivity index (χ2v) is 8.18. The van der Waals surface area contributed by atoms with Crippen molar-refractivity contribution in [3.05, 3.63) is 51.2 Å². The Labute approximate surface area is 155 Å². The quantitative estimate of drug-likeness (QED) is 0.672. The van der Waals surface area contributed by atoms with E-state index in [1.807, 2.05) is 0 Å². The van der Waals surface area contributed by atoms with E-state index in [0.717, 1.165) is 15.3 Å². The van der Waals surface area contributed by atoms with Crippen molar-refractivity contribution < 1.29 is 17.6 Å². The van der Waals surface area contributed by atoms with Gasteiger partial charge in [-0.05, 0) is 18.6 Å². The molecule has 1 amide bonds. The van der Waals surface area contributed by atoms with Crippen LogP contribution in [0, 0.1) is 0 Å². The number of hydrogen-bond donors (Lipinski definition) is 0. The van der Waals surface area contributed by atoms with Crippen LogP contribution in [0.15, 0.2) is 43.5 Å². The van der Waals surface area contributed by atoms with E-state index in [-0.39, 0.29) is 31.3 Å². The Morgan fingerprint density at radius 1 is 1.11 bits per heavy atom. The summed E-state index contributed by atoms with van der Waals surface area (Å²) in [5.41, 5.74) is -1.48. The van der Waals surface area contributed by atoms with E-state index in [4.69, 9.17) is 4.42 Å². The fourth-order valence-electron chi connectivity index (χ4n) is 2.98. The van der Waals surface area contributed by atoms with Gasteiger partial charge in [0.05, 0.1) is 6.26 Å². The molecule has 0 spiro atoms. The topological polar surface area (TPSA) is 115 Å². The molecular formula is C16H20N4O6S. The molecule has 3 rings (SSSR count). The molecule has 2 aromatic rings. The number of rotatable bonds is 3. The van der Waals surface area contributed by atoms with Crippen molar-refractivity contribution in [1.82, 2.24) is 18.3 Å². The molecule has 2 aromatic heterocycles. The van der Waals surface area contributed by atoms with Crippen molar-refractivity contribution in [2.45, 2.75) is 11.3 Å². The van der Waals surface area contributed by atoms with Gasteiger partial charge >= 0.3 is 5.69 Å². The summed E-state index contributed by atoms with van der Waals surface area (Å²) in [7, 11) is -1.49. The maximum absolute atomic E-state index is 13.0. The van der Waals surface area contributed by atoms with E-state index in [1.54, 1.807) is 12.1 Å². The molecule has 10 nitrogen and oxygen atoms in total. The Morgan fingerprint density at radius 2 is 1.85 bits per heavy atom. The van der Waals surface area contributed by atoms with Gasteiger partial charge in [0.1, 0.15) is 0 Å². The third kappa shape index (κ3) is 3.47. The molecule has 3 heterocycles. The van der Waals surface area contributed by atoms with Crippen LogP contribution >= 0.6 is 0 Å². The minimum absolute atomic E-state index is 0.0424. The van der Waals surface area contributed by atoms with Crippen LogP contribution in [0.3, 0.4) is 0 Å². The SMILES string of the molecule is Cn1cc(S(=O)(=O)N2CCCN(C(=O)c3ccco3)CC2)c(=O)n(C)c1=O. The van der Waals surface area contributed by atoms with Crippen LogP contribution in [-0.4, -0.2) is 58.8 Å². The van der Waals surface area contributed by atoms with Crippen LogP contribution in [0.2, 0.25) is 0 Å². The molecule has 0 saturated carbocycles. The zero-order valence-electron chi connectivity index (χ0n) is 15.0. The summed E-state index contributed by atoms with van der Waals surface area (Å²) in [5, 5.41) is 0. The zero-order valence-corrected chi connectivity index (χ0v) is 15.8. The lowest BCUT2D eigenvalue weighted by molar-refractivity contribution is 0.0732. The van der Waals surface area contributed by atoms with E-state index in [0.29, 0.717) is 13.0 Å². The number of aromatic nitrogens is 2. The lowest BCUT2D eigenvalue weighted by Gasteiger charge is -2.21. The summed E-state index contributed by atoms with van der Waals surface area (Å²) in [4.78, 5) is 37.6. The summed E-state index contributed by atoms with van der Waals surface area (Å²) in [5.74, 6) is -0.115. The predicted octanol–water partition coefficient (Wildman–Crippen LogP) is -0.786. The molecule has 0 atom stereocenters. The average Bonchev–Trinajstić information content (AvgIpc) is 3.06. The smallest absolute Gasteiger partial charge is 0.330 e. The van der Waals surface area contributed by atoms with Crippen LogP contribution in [0.1, 0.15) is 17.0 Å². The largest absolute Gasteiger partial charge is 0.459 e. The molecule has 146 valence electrons. The number of amides is 1. The third-order valence-electron chi connectivity index (χ3n) is 4.51. The van der Waals surface area contributed by atoms with Crippen molar-refractivity contribution in [3.8, 4) is 0 Å². The summed E-state index contributed by atoms with van der Waals surface area (Å²) >= 11 is 0. The number of nitrogens with zero attached hydrogens (tertiary/aromatic N) is 4. The highest BCUT2D eigenvalue weighted by molar-refractivity contribution is 7.89. The second-order valence-electron chi connectivity index (χ2n) is 6.28. The molecular weight excluding hydrogens is 376 g/mol. The number of sulfonamides is 1. The molecule has 1 aliphatic rings. The Morgan fingerprint density at radius 3 is 2.52 bits per heavy atom. The minimum Gasteiger partial charge on any atom is -0.459 e. The van der Waals surface area contributed by atoms with E-state index < -0.39 is 26.2 Å². The molecule has 1 fully saturated rings. The van der Waals surface area contributed by atoms with Crippen LogP contribution < -0.4 is 11.2 Å². The number of furan rings is 1. The molecule has 27 heavy (non-hydrogen) atoms. The monoisotopic (exact) mass is 396 g/mol. The Kier molecular flexibility index (Phi) is 5.07. The molecule has 0 aromatic carbocycles. The highest BCUT2D eigenvalue weighted by Crippen LogP contribution is 2.16. The first-order chi connectivity index (χ1) is 12.7. The molecule has 11 heteroatoms. The normalized spacial score (nSPS) is 16.3. The molecule has 1 aliphatic heterocycles. The van der Waals surface area contributed by atoms with Crippen LogP contribution in [0.4, 0.5) is 0 Å². The first-order valence-corrected chi connectivity index (χ1v) is 9.77. The molecule has 0 N–H and O–H groups in total. The maximum Gasteiger partial charge on any atom is 0.330 e. The minimum atomic E-state index is -4.10. The second kappa shape index (κ2) is 7.16. The lowest BCUT2D eigenvalue weighted by Crippen LogP contribution is -2.43. The van der Waals surface area contributed by atoms with Gasteiger partial charge in [0.2, 0.25) is 10.0 Å². The van der Waals surface area contributed by atoms with Gasteiger partial charge in [0, 0.05) is 46.5 Å². The molecule has 0 aliphatic carbocycles. The van der Waals surface area contributed by atoms with Gasteiger partial charge in [-0.2, -0.15) is 4.31 Å². The van der Waals surface area contributed by atoms with Gasteiger partial charge in [-0.25, -0.2) is 13.2 Å². The van der Waals surface area contributed by atoms with Crippen LogP contribution in [0.5, 0.6) is 0 Å². The average molecular weight is 396 g/mol. The highest BCUT2D eigenvalue weighted by atomic mass is 32.2. The van der Waals surface area contributed by atoms with Gasteiger partial charge in [0.15, 0.2) is 10.7 Å². The lowest BCUT2D eigenvalue weighted by atomic mass is 10.3. The molecule has 0 radical (unpaired) electrons. The number of aryl methyl sites for hydroxylation is 1. The summed E-state index contributed by atoms with van der Waals surface area (Å²) in [6.45, 7) is 0.749. The summed E-state index contributed by atoms with van der Waals surface area (Å²) in [6.07, 6.45) is 2.85. The maximum atomic E-state index is 13.0. The van der Waals surface area contributed by atoms with Crippen LogP contribution in [0.25, 0.3) is 0 Å². The van der Waals surface area contributed by atoms with Gasteiger partial charge in [-0.15, -0.1) is 0 Å². The summed E-state index contributed by atoms with van der Waals surface area (Å²) in [6, 6.07) is 3.16. The highest BCUT2D eigenvalue weighted by Gasteiger charge is 2.31. The van der Waals surface area contributed by atoms with Crippen molar-refractivity contribution >= 4 is 15.9 Å². The van der Waals surface area contributed by atoms with Gasteiger partial charge < -0.3 is 13.9 Å². The van der Waals surface area contributed by atoms with Crippen molar-refractivity contribution in [3.63, 3.8) is 0 Å². The van der Waals surface area contributed by atoms with E-state index in [1.165, 1.54) is 29.6 Å². The van der Waals surface area contributed by atoms with E-state index in [2.05, 4.69) is 0 Å². The molecule has 0 bridgehead atoms. The first kappa shape index (κ1) is 19.1. The predicted molar refractivity (Wildman–Crippen MR) is 94.9 cm³/mol. The van der Waals surface area contributed by atoms with Gasteiger partial charge in [0.25, 0.3) is 11.5 Å². The Hall–Kier alpha value is -2.66. The third-order valence-corrected chi connectivity index (χ3v) is 6.39. The van der Waals surface area contributed by atoms with Crippen LogP contribution in [-0.2, 0) is 24.1 Å². The van der Waals surface area contributed by atoms with E-state index in [9.17, 15) is 22.8 Å². The molecule has 1 saturated heterocycles. The summed E-state index contributed by atoms with van der Waals surface area (Å²) < 4.78 is 34.0. The fraction of sp³-hybridized carbons (Fsp3) is 0.438.